The number of ether oxygens (including phenoxy) is 1. The highest BCUT2D eigenvalue weighted by molar-refractivity contribution is 9.10. The zero-order chi connectivity index (χ0) is 25.6. The number of likely N-dealkylation sites (tertiary alicyclic amines) is 1. The predicted octanol–water partition coefficient (Wildman–Crippen LogP) is 4.26. The molecule has 2 N–H and O–H groups in total. The van der Waals surface area contributed by atoms with Crippen molar-refractivity contribution in [1.29, 1.82) is 0 Å². The topological polar surface area (TPSA) is 110 Å². The molecule has 0 saturated carbocycles. The molecule has 1 aromatic heterocycles. The fraction of sp³-hybridized carbons (Fsp3) is 0.407. The van der Waals surface area contributed by atoms with E-state index < -0.39 is 0 Å². The standard InChI is InChI=1S/C27H30BrN5O4/c28-20-6-3-5-19(15-20)25-31-24(37-32-25)17-33-12-10-18(11-13-33)26(34)30-23-9-2-1-8-22(23)27(35)29-16-21-7-4-14-36-21/h1-3,5-6,8-9,15,18,21H,4,7,10-14,16-17H2,(H,29,35)(H,30,34). The number of rotatable bonds is 8. The number of carbonyl (C=O) groups excluding carboxylic acids is 2. The zero-order valence-electron chi connectivity index (χ0n) is 20.5. The third kappa shape index (κ3) is 6.63. The van der Waals surface area contributed by atoms with Crippen LogP contribution in [0.3, 0.4) is 0 Å². The van der Waals surface area contributed by atoms with Crippen LogP contribution in [0.5, 0.6) is 0 Å². The van der Waals surface area contributed by atoms with Crippen LogP contribution in [0.2, 0.25) is 0 Å². The number of aromatic nitrogens is 2. The molecule has 2 amide bonds. The second-order valence-corrected chi connectivity index (χ2v) is 10.4. The summed E-state index contributed by atoms with van der Waals surface area (Å²) in [7, 11) is 0. The van der Waals surface area contributed by atoms with E-state index in [1.807, 2.05) is 30.3 Å². The Balaban J connectivity index is 1.12. The minimum Gasteiger partial charge on any atom is -0.376 e. The van der Waals surface area contributed by atoms with Crippen LogP contribution in [0, 0.1) is 5.92 Å². The van der Waals surface area contributed by atoms with E-state index in [1.54, 1.807) is 18.2 Å². The normalized spacial score (nSPS) is 18.6. The van der Waals surface area contributed by atoms with E-state index in [0.29, 0.717) is 48.9 Å². The molecule has 2 saturated heterocycles. The van der Waals surface area contributed by atoms with Gasteiger partial charge in [-0.25, -0.2) is 0 Å². The molecule has 0 aliphatic carbocycles. The molecule has 2 aromatic carbocycles. The van der Waals surface area contributed by atoms with Gasteiger partial charge in [-0.15, -0.1) is 0 Å². The van der Waals surface area contributed by atoms with Crippen LogP contribution in [0.25, 0.3) is 11.4 Å². The number of amides is 2. The van der Waals surface area contributed by atoms with Gasteiger partial charge in [-0.1, -0.05) is 45.4 Å². The number of hydrogen-bond acceptors (Lipinski definition) is 7. The first kappa shape index (κ1) is 25.6. The maximum absolute atomic E-state index is 13.0. The van der Waals surface area contributed by atoms with Gasteiger partial charge in [0.2, 0.25) is 17.6 Å². The Morgan fingerprint density at radius 2 is 1.92 bits per heavy atom. The fourth-order valence-corrected chi connectivity index (χ4v) is 5.14. The molecule has 2 fully saturated rings. The van der Waals surface area contributed by atoms with Gasteiger partial charge in [-0.2, -0.15) is 4.98 Å². The van der Waals surface area contributed by atoms with Gasteiger partial charge in [-0.3, -0.25) is 14.5 Å². The molecule has 2 aliphatic heterocycles. The summed E-state index contributed by atoms with van der Waals surface area (Å²) in [5, 5.41) is 10.0. The number of carbonyl (C=O) groups is 2. The largest absolute Gasteiger partial charge is 0.376 e. The van der Waals surface area contributed by atoms with Gasteiger partial charge in [0.25, 0.3) is 5.91 Å². The van der Waals surface area contributed by atoms with Crippen molar-refractivity contribution in [2.45, 2.75) is 38.3 Å². The lowest BCUT2D eigenvalue weighted by molar-refractivity contribution is -0.121. The van der Waals surface area contributed by atoms with Crippen molar-refractivity contribution in [3.8, 4) is 11.4 Å². The smallest absolute Gasteiger partial charge is 0.253 e. The van der Waals surface area contributed by atoms with Gasteiger partial charge < -0.3 is 19.9 Å². The van der Waals surface area contributed by atoms with Crippen LogP contribution in [0.1, 0.15) is 41.9 Å². The number of piperidine rings is 1. The number of nitrogens with one attached hydrogen (secondary N) is 2. The Labute approximate surface area is 224 Å². The molecule has 3 aromatic rings. The van der Waals surface area contributed by atoms with Crippen molar-refractivity contribution in [2.24, 2.45) is 5.92 Å². The Kier molecular flexibility index (Phi) is 8.28. The molecule has 194 valence electrons. The number of benzene rings is 2. The maximum atomic E-state index is 13.0. The third-order valence-corrected chi connectivity index (χ3v) is 7.31. The lowest BCUT2D eigenvalue weighted by Crippen LogP contribution is -2.38. The first-order chi connectivity index (χ1) is 18.0. The van der Waals surface area contributed by atoms with E-state index >= 15 is 0 Å². The molecule has 3 heterocycles. The number of hydrogen-bond donors (Lipinski definition) is 2. The molecule has 37 heavy (non-hydrogen) atoms. The van der Waals surface area contributed by atoms with Gasteiger partial charge in [0.1, 0.15) is 0 Å². The Hall–Kier alpha value is -3.08. The molecule has 2 aliphatic rings. The monoisotopic (exact) mass is 567 g/mol. The predicted molar refractivity (Wildman–Crippen MR) is 142 cm³/mol. The number of para-hydroxylation sites is 1. The molecule has 9 nitrogen and oxygen atoms in total. The van der Waals surface area contributed by atoms with Crippen molar-refractivity contribution < 1.29 is 18.8 Å². The number of anilines is 1. The molecular formula is C27H30BrN5O4. The van der Waals surface area contributed by atoms with Crippen LogP contribution in [0.15, 0.2) is 57.5 Å². The zero-order valence-corrected chi connectivity index (χ0v) is 22.1. The minimum atomic E-state index is -0.206. The van der Waals surface area contributed by atoms with Crippen molar-refractivity contribution >= 4 is 33.4 Å². The molecule has 1 unspecified atom stereocenters. The number of nitrogens with zero attached hydrogens (tertiary/aromatic N) is 3. The van der Waals surface area contributed by atoms with Crippen LogP contribution >= 0.6 is 15.9 Å². The summed E-state index contributed by atoms with van der Waals surface area (Å²) >= 11 is 3.46. The highest BCUT2D eigenvalue weighted by Gasteiger charge is 2.27. The summed E-state index contributed by atoms with van der Waals surface area (Å²) in [6.45, 7) is 3.26. The van der Waals surface area contributed by atoms with E-state index in [1.165, 1.54) is 0 Å². The van der Waals surface area contributed by atoms with Crippen molar-refractivity contribution in [3.05, 3.63) is 64.5 Å². The summed E-state index contributed by atoms with van der Waals surface area (Å²) in [4.78, 5) is 32.5. The van der Waals surface area contributed by atoms with Crippen molar-refractivity contribution in [3.63, 3.8) is 0 Å². The van der Waals surface area contributed by atoms with Crippen LogP contribution < -0.4 is 10.6 Å². The molecule has 0 radical (unpaired) electrons. The summed E-state index contributed by atoms with van der Waals surface area (Å²) in [5.74, 6) is 0.723. The summed E-state index contributed by atoms with van der Waals surface area (Å²) < 4.78 is 12.0. The lowest BCUT2D eigenvalue weighted by Gasteiger charge is -2.30. The summed E-state index contributed by atoms with van der Waals surface area (Å²) in [5.41, 5.74) is 1.88. The van der Waals surface area contributed by atoms with Gasteiger partial charge in [0, 0.05) is 29.1 Å². The van der Waals surface area contributed by atoms with E-state index in [-0.39, 0.29) is 23.8 Å². The molecular weight excluding hydrogens is 538 g/mol. The van der Waals surface area contributed by atoms with E-state index in [4.69, 9.17) is 9.26 Å². The lowest BCUT2D eigenvalue weighted by atomic mass is 9.95. The first-order valence-corrected chi connectivity index (χ1v) is 13.4. The summed E-state index contributed by atoms with van der Waals surface area (Å²) in [6, 6.07) is 14.9. The van der Waals surface area contributed by atoms with Crippen molar-refractivity contribution in [1.82, 2.24) is 20.4 Å². The Bertz CT molecular complexity index is 1230. The van der Waals surface area contributed by atoms with Crippen LogP contribution in [0.4, 0.5) is 5.69 Å². The minimum absolute atomic E-state index is 0.0613. The van der Waals surface area contributed by atoms with E-state index in [9.17, 15) is 9.59 Å². The highest BCUT2D eigenvalue weighted by Crippen LogP contribution is 2.24. The molecule has 0 spiro atoms. The average Bonchev–Trinajstić information content (AvgIpc) is 3.61. The first-order valence-electron chi connectivity index (χ1n) is 12.7. The SMILES string of the molecule is O=C(NCC1CCCO1)c1ccccc1NC(=O)C1CCN(Cc2nc(-c3cccc(Br)c3)no2)CC1. The van der Waals surface area contributed by atoms with Gasteiger partial charge in [0.05, 0.1) is 23.9 Å². The van der Waals surface area contributed by atoms with Gasteiger partial charge in [0.15, 0.2) is 0 Å². The molecule has 0 bridgehead atoms. The van der Waals surface area contributed by atoms with Gasteiger partial charge >= 0.3 is 0 Å². The number of halogens is 1. The Morgan fingerprint density at radius 1 is 1.08 bits per heavy atom. The second kappa shape index (κ2) is 12.0. The second-order valence-electron chi connectivity index (χ2n) is 9.45. The fourth-order valence-electron chi connectivity index (χ4n) is 4.74. The molecule has 1 atom stereocenters. The van der Waals surface area contributed by atoms with Crippen LogP contribution in [-0.4, -0.2) is 59.2 Å². The average molecular weight is 568 g/mol. The molecule has 10 heteroatoms. The van der Waals surface area contributed by atoms with Crippen LogP contribution in [-0.2, 0) is 16.1 Å². The van der Waals surface area contributed by atoms with Crippen molar-refractivity contribution in [2.75, 3.05) is 31.6 Å². The highest BCUT2D eigenvalue weighted by atomic mass is 79.9. The van der Waals surface area contributed by atoms with E-state index in [0.717, 1.165) is 42.6 Å². The Morgan fingerprint density at radius 3 is 2.70 bits per heavy atom. The maximum Gasteiger partial charge on any atom is 0.253 e. The quantitative estimate of drug-likeness (QED) is 0.418. The third-order valence-electron chi connectivity index (χ3n) is 6.81. The molecule has 5 rings (SSSR count). The van der Waals surface area contributed by atoms with E-state index in [2.05, 4.69) is 41.6 Å². The summed E-state index contributed by atoms with van der Waals surface area (Å²) in [6.07, 6.45) is 3.47. The van der Waals surface area contributed by atoms with Gasteiger partial charge in [-0.05, 0) is 63.0 Å².